The summed E-state index contributed by atoms with van der Waals surface area (Å²) in [5, 5.41) is 4.00. The molecule has 1 aliphatic rings. The van der Waals surface area contributed by atoms with E-state index in [9.17, 15) is 4.91 Å². The summed E-state index contributed by atoms with van der Waals surface area (Å²) in [6, 6.07) is 25.4. The highest BCUT2D eigenvalue weighted by atomic mass is 16.3. The van der Waals surface area contributed by atoms with E-state index in [0.29, 0.717) is 11.5 Å². The minimum Gasteiger partial charge on any atom is -0.456 e. The normalized spacial score (nSPS) is 13.2. The van der Waals surface area contributed by atoms with Crippen LogP contribution in [0.15, 0.2) is 93.5 Å². The van der Waals surface area contributed by atoms with E-state index >= 15 is 0 Å². The van der Waals surface area contributed by atoms with Crippen LogP contribution >= 0.6 is 0 Å². The molecule has 0 atom stereocenters. The molecule has 0 saturated heterocycles. The summed E-state index contributed by atoms with van der Waals surface area (Å²) in [7, 11) is 0. The SMILES string of the molecule is O=[N+]1C(NNc2ccc3oc4ccccc4c3c2)=Cc2cc3oc4ccccc4c3cc21. The van der Waals surface area contributed by atoms with Gasteiger partial charge in [0.15, 0.2) is 5.69 Å². The van der Waals surface area contributed by atoms with E-state index in [4.69, 9.17) is 8.83 Å². The Labute approximate surface area is 181 Å². The van der Waals surface area contributed by atoms with Crippen molar-refractivity contribution in [3.05, 3.63) is 95.2 Å². The van der Waals surface area contributed by atoms with Gasteiger partial charge >= 0.3 is 5.82 Å². The molecule has 6 aromatic rings. The number of hydrazine groups is 1. The molecule has 7 rings (SSSR count). The van der Waals surface area contributed by atoms with Gasteiger partial charge in [0.05, 0.1) is 5.69 Å². The van der Waals surface area contributed by atoms with E-state index in [1.165, 1.54) is 0 Å². The summed E-state index contributed by atoms with van der Waals surface area (Å²) in [6.07, 6.45) is 1.81. The zero-order valence-electron chi connectivity index (χ0n) is 16.8. The predicted molar refractivity (Wildman–Crippen MR) is 125 cm³/mol. The molecule has 0 aliphatic carbocycles. The maximum atomic E-state index is 13.0. The Morgan fingerprint density at radius 3 is 2.06 bits per heavy atom. The number of furan rings is 2. The van der Waals surface area contributed by atoms with Crippen LogP contribution in [0.3, 0.4) is 0 Å². The summed E-state index contributed by atoms with van der Waals surface area (Å²) in [4.78, 5) is 13.0. The molecule has 0 bridgehead atoms. The zero-order valence-corrected chi connectivity index (χ0v) is 16.8. The average molecular weight is 418 g/mol. The molecule has 0 spiro atoms. The topological polar surface area (TPSA) is 70.4 Å². The van der Waals surface area contributed by atoms with Crippen LogP contribution in [-0.2, 0) is 0 Å². The summed E-state index contributed by atoms with van der Waals surface area (Å²) in [5.41, 5.74) is 11.7. The first kappa shape index (κ1) is 17.1. The van der Waals surface area contributed by atoms with E-state index in [0.717, 1.165) is 59.9 Å². The number of nitrogens with one attached hydrogen (secondary N) is 2. The Bertz CT molecular complexity index is 1760. The van der Waals surface area contributed by atoms with Gasteiger partial charge in [0, 0.05) is 44.0 Å². The summed E-state index contributed by atoms with van der Waals surface area (Å²) in [5.74, 6) is 0.411. The summed E-state index contributed by atoms with van der Waals surface area (Å²) in [6.45, 7) is 0. The maximum absolute atomic E-state index is 13.0. The third-order valence-corrected chi connectivity index (χ3v) is 5.97. The molecule has 6 nitrogen and oxygen atoms in total. The van der Waals surface area contributed by atoms with Crippen molar-refractivity contribution in [3.8, 4) is 0 Å². The number of nitroso groups, excluding NO2 is 1. The minimum absolute atomic E-state index is 0.411. The summed E-state index contributed by atoms with van der Waals surface area (Å²) < 4.78 is 12.7. The van der Waals surface area contributed by atoms with Gasteiger partial charge in [-0.15, -0.1) is 0 Å². The fraction of sp³-hybridized carbons (Fsp3) is 0. The molecule has 0 radical (unpaired) electrons. The number of benzene rings is 4. The van der Waals surface area contributed by atoms with Crippen molar-refractivity contribution in [2.24, 2.45) is 0 Å². The van der Waals surface area contributed by atoms with Crippen LogP contribution in [0.4, 0.5) is 11.4 Å². The lowest BCUT2D eigenvalue weighted by molar-refractivity contribution is -0.407. The predicted octanol–water partition coefficient (Wildman–Crippen LogP) is 6.82. The van der Waals surface area contributed by atoms with Gasteiger partial charge in [-0.05, 0) is 36.4 Å². The molecule has 2 aromatic heterocycles. The van der Waals surface area contributed by atoms with Crippen molar-refractivity contribution < 1.29 is 13.6 Å². The zero-order chi connectivity index (χ0) is 21.2. The molecule has 0 amide bonds. The average Bonchev–Trinajstić information content (AvgIpc) is 3.47. The Kier molecular flexibility index (Phi) is 3.33. The van der Waals surface area contributed by atoms with Crippen molar-refractivity contribution in [2.45, 2.75) is 0 Å². The molecule has 0 saturated carbocycles. The van der Waals surface area contributed by atoms with Gasteiger partial charge in [-0.25, -0.2) is 5.43 Å². The lowest BCUT2D eigenvalue weighted by Crippen LogP contribution is -2.24. The smallest absolute Gasteiger partial charge is 0.343 e. The van der Waals surface area contributed by atoms with Gasteiger partial charge in [-0.3, -0.25) is 0 Å². The lowest BCUT2D eigenvalue weighted by atomic mass is 10.1. The second kappa shape index (κ2) is 6.21. The number of nitrogens with zero attached hydrogens (tertiary/aromatic N) is 1. The fourth-order valence-corrected chi connectivity index (χ4v) is 4.43. The van der Waals surface area contributed by atoms with Gasteiger partial charge in [0.25, 0.3) is 0 Å². The van der Waals surface area contributed by atoms with Crippen molar-refractivity contribution in [2.75, 3.05) is 5.43 Å². The van der Waals surface area contributed by atoms with Gasteiger partial charge in [0.1, 0.15) is 22.3 Å². The number of fused-ring (bicyclic) bond motifs is 7. The highest BCUT2D eigenvalue weighted by Crippen LogP contribution is 2.38. The first-order chi connectivity index (χ1) is 15.7. The Balaban J connectivity index is 1.21. The first-order valence-electron chi connectivity index (χ1n) is 10.3. The van der Waals surface area contributed by atoms with Crippen LogP contribution in [0.1, 0.15) is 5.56 Å². The maximum Gasteiger partial charge on any atom is 0.343 e. The van der Waals surface area contributed by atoms with E-state index in [1.54, 1.807) is 0 Å². The monoisotopic (exact) mass is 418 g/mol. The number of para-hydroxylation sites is 2. The molecule has 0 unspecified atom stereocenters. The number of hydrogen-bond acceptors (Lipinski definition) is 5. The molecule has 0 fully saturated rings. The second-order valence-corrected chi connectivity index (χ2v) is 7.89. The van der Waals surface area contributed by atoms with Crippen LogP contribution in [0.25, 0.3) is 50.0 Å². The molecule has 4 aromatic carbocycles. The van der Waals surface area contributed by atoms with Gasteiger partial charge < -0.3 is 8.83 Å². The fourth-order valence-electron chi connectivity index (χ4n) is 4.43. The van der Waals surface area contributed by atoms with E-state index in [2.05, 4.69) is 10.9 Å². The quantitative estimate of drug-likeness (QED) is 0.244. The van der Waals surface area contributed by atoms with Crippen molar-refractivity contribution in [1.29, 1.82) is 0 Å². The van der Waals surface area contributed by atoms with E-state index < -0.39 is 0 Å². The van der Waals surface area contributed by atoms with Crippen LogP contribution in [0.2, 0.25) is 0 Å². The third-order valence-electron chi connectivity index (χ3n) is 5.97. The van der Waals surface area contributed by atoms with Gasteiger partial charge in [-0.2, -0.15) is 5.43 Å². The third kappa shape index (κ3) is 2.40. The molecular weight excluding hydrogens is 402 g/mol. The largest absolute Gasteiger partial charge is 0.456 e. The highest BCUT2D eigenvalue weighted by Gasteiger charge is 2.30. The standard InChI is InChI=1S/C26H16N3O3/c30-29-21-14-20-18-6-2-4-8-23(18)32-25(20)11-15(21)12-26(29)28-27-16-9-10-24-19(13-16)17-5-1-3-7-22(17)31-24/h1-14,27H,(H,28,30)/q+1. The Morgan fingerprint density at radius 1 is 0.625 bits per heavy atom. The van der Waals surface area contributed by atoms with E-state index in [1.807, 2.05) is 84.9 Å². The highest BCUT2D eigenvalue weighted by molar-refractivity contribution is 6.07. The number of rotatable bonds is 3. The second-order valence-electron chi connectivity index (χ2n) is 7.89. The molecule has 152 valence electrons. The van der Waals surface area contributed by atoms with E-state index in [-0.39, 0.29) is 0 Å². The molecule has 32 heavy (non-hydrogen) atoms. The van der Waals surface area contributed by atoms with Crippen molar-refractivity contribution >= 4 is 61.3 Å². The number of anilines is 1. The number of hydrogen-bond donors (Lipinski definition) is 2. The summed E-state index contributed by atoms with van der Waals surface area (Å²) >= 11 is 0. The molecule has 3 heterocycles. The first-order valence-corrected chi connectivity index (χ1v) is 10.3. The van der Waals surface area contributed by atoms with Crippen molar-refractivity contribution in [1.82, 2.24) is 5.43 Å². The molecule has 6 heteroatoms. The van der Waals surface area contributed by atoms with Crippen LogP contribution in [0.5, 0.6) is 0 Å². The molecule has 2 N–H and O–H groups in total. The Morgan fingerprint density at radius 2 is 1.28 bits per heavy atom. The lowest BCUT2D eigenvalue weighted by Gasteiger charge is -2.03. The Hall–Kier alpha value is -4.58. The molecule has 1 aliphatic heterocycles. The van der Waals surface area contributed by atoms with Crippen molar-refractivity contribution in [3.63, 3.8) is 0 Å². The van der Waals surface area contributed by atoms with Crippen LogP contribution in [0, 0.1) is 4.91 Å². The van der Waals surface area contributed by atoms with Gasteiger partial charge in [-0.1, -0.05) is 41.3 Å². The van der Waals surface area contributed by atoms with Gasteiger partial charge in [0.2, 0.25) is 0 Å². The van der Waals surface area contributed by atoms with Crippen LogP contribution in [-0.4, -0.2) is 4.76 Å². The van der Waals surface area contributed by atoms with Crippen LogP contribution < -0.4 is 10.9 Å². The minimum atomic E-state index is 0.411. The molecular formula is C26H16N3O3+.